The summed E-state index contributed by atoms with van der Waals surface area (Å²) in [5, 5.41) is 0. The first kappa shape index (κ1) is 11.0. The van der Waals surface area contributed by atoms with Crippen LogP contribution in [0, 0.1) is 11.8 Å². The number of hydrogen-bond donors (Lipinski definition) is 0. The molecule has 2 bridgehead atoms. The first-order valence-electron chi connectivity index (χ1n) is 6.53. The highest BCUT2D eigenvalue weighted by molar-refractivity contribution is 5.08. The molecule has 3 nitrogen and oxygen atoms in total. The lowest BCUT2D eigenvalue weighted by Crippen LogP contribution is -2.43. The number of ether oxygens (including phenoxy) is 3. The summed E-state index contributed by atoms with van der Waals surface area (Å²) in [6.07, 6.45) is 3.57. The molecule has 0 N–H and O–H groups in total. The predicted molar refractivity (Wildman–Crippen MR) is 60.3 cm³/mol. The number of fused-ring (bicyclic) bond motifs is 2. The largest absolute Gasteiger partial charge is 0.376 e. The van der Waals surface area contributed by atoms with Crippen molar-refractivity contribution in [1.82, 2.24) is 0 Å². The van der Waals surface area contributed by atoms with Crippen LogP contribution < -0.4 is 0 Å². The molecule has 2 aliphatic heterocycles. The van der Waals surface area contributed by atoms with Crippen LogP contribution in [0.2, 0.25) is 0 Å². The van der Waals surface area contributed by atoms with Gasteiger partial charge in [-0.2, -0.15) is 0 Å². The Bertz CT molecular complexity index is 274. The zero-order valence-electron chi connectivity index (χ0n) is 10.4. The summed E-state index contributed by atoms with van der Waals surface area (Å²) in [5.74, 6) is 1.24. The van der Waals surface area contributed by atoms with E-state index in [0.29, 0.717) is 24.7 Å². The molecule has 3 aliphatic rings. The molecular weight excluding hydrogens is 204 g/mol. The van der Waals surface area contributed by atoms with Gasteiger partial charge in [0.15, 0.2) is 0 Å². The molecule has 0 aromatic carbocycles. The molecule has 0 radical (unpaired) electrons. The zero-order chi connectivity index (χ0) is 11.3. The maximum Gasteiger partial charge on any atom is 0.120 e. The van der Waals surface area contributed by atoms with Crippen molar-refractivity contribution in [2.75, 3.05) is 13.2 Å². The Morgan fingerprint density at radius 1 is 1.31 bits per heavy atom. The summed E-state index contributed by atoms with van der Waals surface area (Å²) in [4.78, 5) is 0. The maximum absolute atomic E-state index is 6.28. The summed E-state index contributed by atoms with van der Waals surface area (Å²) < 4.78 is 18.0. The molecular formula is C13H22O3. The molecule has 2 heterocycles. The fourth-order valence-corrected chi connectivity index (χ4v) is 2.98. The zero-order valence-corrected chi connectivity index (χ0v) is 10.4. The van der Waals surface area contributed by atoms with Gasteiger partial charge in [-0.05, 0) is 32.6 Å². The predicted octanol–water partition coefficient (Wildman–Crippen LogP) is 1.99. The van der Waals surface area contributed by atoms with Crippen LogP contribution in [0.25, 0.3) is 0 Å². The molecule has 3 rings (SSSR count). The van der Waals surface area contributed by atoms with Gasteiger partial charge in [0.05, 0.1) is 31.5 Å². The van der Waals surface area contributed by atoms with E-state index in [2.05, 4.69) is 20.8 Å². The number of rotatable bonds is 4. The van der Waals surface area contributed by atoms with Gasteiger partial charge in [0.1, 0.15) is 5.60 Å². The van der Waals surface area contributed by atoms with Crippen molar-refractivity contribution in [1.29, 1.82) is 0 Å². The van der Waals surface area contributed by atoms with Crippen molar-refractivity contribution >= 4 is 0 Å². The van der Waals surface area contributed by atoms with E-state index in [1.54, 1.807) is 0 Å². The van der Waals surface area contributed by atoms with E-state index in [1.807, 2.05) is 0 Å². The maximum atomic E-state index is 6.28. The summed E-state index contributed by atoms with van der Waals surface area (Å²) in [6.45, 7) is 7.80. The van der Waals surface area contributed by atoms with Crippen molar-refractivity contribution in [3.8, 4) is 0 Å². The molecule has 92 valence electrons. The van der Waals surface area contributed by atoms with E-state index >= 15 is 0 Å². The van der Waals surface area contributed by atoms with E-state index in [4.69, 9.17) is 14.2 Å². The summed E-state index contributed by atoms with van der Waals surface area (Å²) in [7, 11) is 0. The smallest absolute Gasteiger partial charge is 0.120 e. The number of hydrogen-bond acceptors (Lipinski definition) is 3. The first-order chi connectivity index (χ1) is 7.62. The van der Waals surface area contributed by atoms with Gasteiger partial charge in [0, 0.05) is 5.92 Å². The lowest BCUT2D eigenvalue weighted by molar-refractivity contribution is -0.176. The SMILES string of the molecule is CC(C)OC[C@@]12COC(C(C3CC3)O1)C2C. The molecule has 4 atom stereocenters. The van der Waals surface area contributed by atoms with Crippen molar-refractivity contribution in [3.63, 3.8) is 0 Å². The molecule has 0 amide bonds. The van der Waals surface area contributed by atoms with E-state index in [1.165, 1.54) is 12.8 Å². The third-order valence-electron chi connectivity index (χ3n) is 4.28. The second kappa shape index (κ2) is 3.69. The van der Waals surface area contributed by atoms with Crippen molar-refractivity contribution in [3.05, 3.63) is 0 Å². The van der Waals surface area contributed by atoms with Crippen LogP contribution in [0.3, 0.4) is 0 Å². The molecule has 0 spiro atoms. The third-order valence-corrected chi connectivity index (χ3v) is 4.28. The van der Waals surface area contributed by atoms with Crippen LogP contribution >= 0.6 is 0 Å². The average Bonchev–Trinajstić information content (AvgIpc) is 3.01. The molecule has 1 aliphatic carbocycles. The molecule has 3 fully saturated rings. The van der Waals surface area contributed by atoms with Gasteiger partial charge in [-0.25, -0.2) is 0 Å². The highest BCUT2D eigenvalue weighted by atomic mass is 16.6. The normalized spacial score (nSPS) is 46.9. The van der Waals surface area contributed by atoms with Crippen LogP contribution in [-0.4, -0.2) is 37.1 Å². The Morgan fingerprint density at radius 3 is 2.69 bits per heavy atom. The average molecular weight is 226 g/mol. The van der Waals surface area contributed by atoms with Gasteiger partial charge in [0.2, 0.25) is 0 Å². The Morgan fingerprint density at radius 2 is 2.06 bits per heavy atom. The van der Waals surface area contributed by atoms with E-state index in [9.17, 15) is 0 Å². The van der Waals surface area contributed by atoms with Gasteiger partial charge >= 0.3 is 0 Å². The van der Waals surface area contributed by atoms with E-state index < -0.39 is 0 Å². The molecule has 2 saturated heterocycles. The minimum Gasteiger partial charge on any atom is -0.376 e. The fraction of sp³-hybridized carbons (Fsp3) is 1.00. The van der Waals surface area contributed by atoms with Crippen molar-refractivity contribution < 1.29 is 14.2 Å². The third kappa shape index (κ3) is 1.60. The van der Waals surface area contributed by atoms with Crippen molar-refractivity contribution in [2.45, 2.75) is 57.5 Å². The van der Waals surface area contributed by atoms with Gasteiger partial charge in [-0.3, -0.25) is 0 Å². The topological polar surface area (TPSA) is 27.7 Å². The lowest BCUT2D eigenvalue weighted by Gasteiger charge is -2.32. The Kier molecular flexibility index (Phi) is 2.54. The van der Waals surface area contributed by atoms with Gasteiger partial charge < -0.3 is 14.2 Å². The molecule has 0 aromatic heterocycles. The quantitative estimate of drug-likeness (QED) is 0.733. The van der Waals surface area contributed by atoms with E-state index in [-0.39, 0.29) is 11.7 Å². The van der Waals surface area contributed by atoms with Crippen LogP contribution in [-0.2, 0) is 14.2 Å². The fourth-order valence-electron chi connectivity index (χ4n) is 2.98. The van der Waals surface area contributed by atoms with Gasteiger partial charge in [-0.1, -0.05) is 6.92 Å². The molecule has 1 saturated carbocycles. The Hall–Kier alpha value is -0.120. The highest BCUT2D eigenvalue weighted by Crippen LogP contribution is 2.51. The van der Waals surface area contributed by atoms with Crippen molar-refractivity contribution in [2.24, 2.45) is 11.8 Å². The molecule has 3 unspecified atom stereocenters. The minimum atomic E-state index is -0.151. The minimum absolute atomic E-state index is 0.151. The molecule has 3 heteroatoms. The standard InChI is InChI=1S/C13H22O3/c1-8(2)14-6-13-7-15-11(9(13)3)12(16-13)10-4-5-10/h8-12H,4-7H2,1-3H3/t9?,11?,12?,13-/m0/s1. The van der Waals surface area contributed by atoms with Crippen LogP contribution in [0.15, 0.2) is 0 Å². The lowest BCUT2D eigenvalue weighted by atomic mass is 9.90. The molecule has 0 aromatic rings. The Labute approximate surface area is 97.4 Å². The summed E-state index contributed by atoms with van der Waals surface area (Å²) >= 11 is 0. The second-order valence-electron chi connectivity index (χ2n) is 5.91. The van der Waals surface area contributed by atoms with Crippen LogP contribution in [0.1, 0.15) is 33.6 Å². The van der Waals surface area contributed by atoms with Gasteiger partial charge in [-0.15, -0.1) is 0 Å². The monoisotopic (exact) mass is 226 g/mol. The van der Waals surface area contributed by atoms with Gasteiger partial charge in [0.25, 0.3) is 0 Å². The molecule has 16 heavy (non-hydrogen) atoms. The highest BCUT2D eigenvalue weighted by Gasteiger charge is 2.62. The Balaban J connectivity index is 1.69. The van der Waals surface area contributed by atoms with Crippen LogP contribution in [0.5, 0.6) is 0 Å². The van der Waals surface area contributed by atoms with Crippen LogP contribution in [0.4, 0.5) is 0 Å². The van der Waals surface area contributed by atoms with E-state index in [0.717, 1.165) is 12.5 Å². The first-order valence-corrected chi connectivity index (χ1v) is 6.53. The second-order valence-corrected chi connectivity index (χ2v) is 5.91. The summed E-state index contributed by atoms with van der Waals surface area (Å²) in [5.41, 5.74) is -0.151. The summed E-state index contributed by atoms with van der Waals surface area (Å²) in [6, 6.07) is 0.